The SMILES string of the molecule is CC(C)OCCN(C)Cc1sccc1Br. The second kappa shape index (κ2) is 6.63. The molecule has 1 heterocycles. The summed E-state index contributed by atoms with van der Waals surface area (Å²) in [6, 6.07) is 2.10. The van der Waals surface area contributed by atoms with Gasteiger partial charge < -0.3 is 4.74 Å². The van der Waals surface area contributed by atoms with Crippen molar-refractivity contribution in [3.63, 3.8) is 0 Å². The average molecular weight is 292 g/mol. The molecule has 0 bridgehead atoms. The van der Waals surface area contributed by atoms with Gasteiger partial charge >= 0.3 is 0 Å². The van der Waals surface area contributed by atoms with E-state index in [4.69, 9.17) is 4.74 Å². The normalized spacial score (nSPS) is 11.6. The number of thiophene rings is 1. The van der Waals surface area contributed by atoms with Gasteiger partial charge in [0.2, 0.25) is 0 Å². The van der Waals surface area contributed by atoms with Crippen LogP contribution in [-0.4, -0.2) is 31.2 Å². The summed E-state index contributed by atoms with van der Waals surface area (Å²) in [7, 11) is 2.12. The van der Waals surface area contributed by atoms with E-state index in [2.05, 4.69) is 53.2 Å². The fourth-order valence-corrected chi connectivity index (χ4v) is 2.76. The Morgan fingerprint density at radius 3 is 2.80 bits per heavy atom. The van der Waals surface area contributed by atoms with Crippen molar-refractivity contribution in [1.29, 1.82) is 0 Å². The van der Waals surface area contributed by atoms with E-state index in [9.17, 15) is 0 Å². The lowest BCUT2D eigenvalue weighted by molar-refractivity contribution is 0.0628. The molecule has 86 valence electrons. The molecule has 15 heavy (non-hydrogen) atoms. The molecule has 1 rings (SSSR count). The van der Waals surface area contributed by atoms with Crippen molar-refractivity contribution < 1.29 is 4.74 Å². The number of likely N-dealkylation sites (N-methyl/N-ethyl adjacent to an activating group) is 1. The van der Waals surface area contributed by atoms with Crippen molar-refractivity contribution in [2.24, 2.45) is 0 Å². The van der Waals surface area contributed by atoms with Crippen molar-refractivity contribution in [3.8, 4) is 0 Å². The highest BCUT2D eigenvalue weighted by Crippen LogP contribution is 2.23. The number of halogens is 1. The van der Waals surface area contributed by atoms with Gasteiger partial charge in [-0.3, -0.25) is 4.90 Å². The molecule has 0 aliphatic carbocycles. The highest BCUT2D eigenvalue weighted by Gasteiger charge is 2.05. The minimum Gasteiger partial charge on any atom is -0.377 e. The van der Waals surface area contributed by atoms with Crippen LogP contribution in [0.4, 0.5) is 0 Å². The van der Waals surface area contributed by atoms with E-state index in [0.29, 0.717) is 6.10 Å². The van der Waals surface area contributed by atoms with Crippen LogP contribution in [0, 0.1) is 0 Å². The zero-order chi connectivity index (χ0) is 11.3. The van der Waals surface area contributed by atoms with E-state index >= 15 is 0 Å². The molecule has 0 spiro atoms. The van der Waals surface area contributed by atoms with Crippen LogP contribution in [0.2, 0.25) is 0 Å². The molecule has 0 fully saturated rings. The predicted octanol–water partition coefficient (Wildman–Crippen LogP) is 3.37. The van der Waals surface area contributed by atoms with Gasteiger partial charge in [-0.05, 0) is 48.3 Å². The molecule has 0 aliphatic heterocycles. The number of rotatable bonds is 6. The number of ether oxygens (including phenoxy) is 1. The molecule has 1 aromatic rings. The van der Waals surface area contributed by atoms with E-state index < -0.39 is 0 Å². The molecule has 0 radical (unpaired) electrons. The third-order valence-corrected chi connectivity index (χ3v) is 3.94. The summed E-state index contributed by atoms with van der Waals surface area (Å²) >= 11 is 5.33. The number of hydrogen-bond acceptors (Lipinski definition) is 3. The first-order valence-corrected chi connectivity index (χ1v) is 6.79. The van der Waals surface area contributed by atoms with E-state index in [-0.39, 0.29) is 0 Å². The Balaban J connectivity index is 2.24. The first-order chi connectivity index (χ1) is 7.09. The molecule has 2 nitrogen and oxygen atoms in total. The van der Waals surface area contributed by atoms with Gasteiger partial charge in [-0.15, -0.1) is 11.3 Å². The molecule has 0 unspecified atom stereocenters. The van der Waals surface area contributed by atoms with Crippen molar-refractivity contribution >= 4 is 27.3 Å². The summed E-state index contributed by atoms with van der Waals surface area (Å²) in [5.74, 6) is 0. The lowest BCUT2D eigenvalue weighted by atomic mass is 10.4. The Hall–Kier alpha value is 0.100. The van der Waals surface area contributed by atoms with E-state index in [0.717, 1.165) is 19.7 Å². The van der Waals surface area contributed by atoms with Gasteiger partial charge in [-0.25, -0.2) is 0 Å². The lowest BCUT2D eigenvalue weighted by Crippen LogP contribution is -2.23. The standard InChI is InChI=1S/C11H18BrNOS/c1-9(2)14-6-5-13(3)8-11-10(12)4-7-15-11/h4,7,9H,5-6,8H2,1-3H3. The molecular formula is C11H18BrNOS. The first-order valence-electron chi connectivity index (χ1n) is 5.11. The average Bonchev–Trinajstić information content (AvgIpc) is 2.51. The maximum absolute atomic E-state index is 5.51. The predicted molar refractivity (Wildman–Crippen MR) is 69.4 cm³/mol. The molecule has 4 heteroatoms. The Labute approximate surface area is 104 Å². The fourth-order valence-electron chi connectivity index (χ4n) is 1.21. The maximum atomic E-state index is 5.51. The Morgan fingerprint density at radius 2 is 2.27 bits per heavy atom. The lowest BCUT2D eigenvalue weighted by Gasteiger charge is -2.17. The van der Waals surface area contributed by atoms with Crippen molar-refractivity contribution in [2.75, 3.05) is 20.2 Å². The van der Waals surface area contributed by atoms with Crippen LogP contribution in [0.3, 0.4) is 0 Å². The summed E-state index contributed by atoms with van der Waals surface area (Å²) in [5.41, 5.74) is 0. The van der Waals surface area contributed by atoms with E-state index in [1.165, 1.54) is 9.35 Å². The molecule has 0 aromatic carbocycles. The zero-order valence-corrected chi connectivity index (χ0v) is 11.9. The number of hydrogen-bond donors (Lipinski definition) is 0. The topological polar surface area (TPSA) is 12.5 Å². The van der Waals surface area contributed by atoms with Crippen LogP contribution in [0.1, 0.15) is 18.7 Å². The second-order valence-electron chi connectivity index (χ2n) is 3.85. The van der Waals surface area contributed by atoms with E-state index in [1.54, 1.807) is 11.3 Å². The van der Waals surface area contributed by atoms with Crippen molar-refractivity contribution in [1.82, 2.24) is 4.90 Å². The van der Waals surface area contributed by atoms with Crippen molar-refractivity contribution in [2.45, 2.75) is 26.5 Å². The largest absolute Gasteiger partial charge is 0.377 e. The monoisotopic (exact) mass is 291 g/mol. The summed E-state index contributed by atoms with van der Waals surface area (Å²) in [4.78, 5) is 3.65. The molecule has 0 aliphatic rings. The van der Waals surface area contributed by atoms with Crippen LogP contribution in [0.25, 0.3) is 0 Å². The molecule has 0 saturated carbocycles. The highest BCUT2D eigenvalue weighted by atomic mass is 79.9. The second-order valence-corrected chi connectivity index (χ2v) is 5.70. The van der Waals surface area contributed by atoms with Gasteiger partial charge in [0.25, 0.3) is 0 Å². The van der Waals surface area contributed by atoms with E-state index in [1.807, 2.05) is 0 Å². The smallest absolute Gasteiger partial charge is 0.0596 e. The fraction of sp³-hybridized carbons (Fsp3) is 0.636. The van der Waals surface area contributed by atoms with Gasteiger partial charge in [0.05, 0.1) is 12.7 Å². The highest BCUT2D eigenvalue weighted by molar-refractivity contribution is 9.10. The molecule has 0 atom stereocenters. The van der Waals surface area contributed by atoms with Crippen LogP contribution in [0.5, 0.6) is 0 Å². The first kappa shape index (κ1) is 13.2. The molecular weight excluding hydrogens is 274 g/mol. The third-order valence-electron chi connectivity index (χ3n) is 2.03. The van der Waals surface area contributed by atoms with Gasteiger partial charge in [0, 0.05) is 22.4 Å². The van der Waals surface area contributed by atoms with Crippen LogP contribution in [0.15, 0.2) is 15.9 Å². The van der Waals surface area contributed by atoms with Crippen molar-refractivity contribution in [3.05, 3.63) is 20.8 Å². The van der Waals surface area contributed by atoms with Gasteiger partial charge in [0.15, 0.2) is 0 Å². The summed E-state index contributed by atoms with van der Waals surface area (Å²) in [6.07, 6.45) is 0.326. The van der Waals surface area contributed by atoms with Gasteiger partial charge in [-0.1, -0.05) is 0 Å². The maximum Gasteiger partial charge on any atom is 0.0596 e. The summed E-state index contributed by atoms with van der Waals surface area (Å²) < 4.78 is 6.72. The Kier molecular flexibility index (Phi) is 5.82. The summed E-state index contributed by atoms with van der Waals surface area (Å²) in [6.45, 7) is 6.89. The number of nitrogens with zero attached hydrogens (tertiary/aromatic N) is 1. The third kappa shape index (κ3) is 5.11. The molecule has 1 aromatic heterocycles. The molecule has 0 saturated heterocycles. The van der Waals surface area contributed by atoms with Gasteiger partial charge in [-0.2, -0.15) is 0 Å². The Morgan fingerprint density at radius 1 is 1.53 bits per heavy atom. The quantitative estimate of drug-likeness (QED) is 0.797. The van der Waals surface area contributed by atoms with Crippen LogP contribution < -0.4 is 0 Å². The molecule has 0 N–H and O–H groups in total. The van der Waals surface area contributed by atoms with Crippen LogP contribution in [-0.2, 0) is 11.3 Å². The minimum absolute atomic E-state index is 0.326. The van der Waals surface area contributed by atoms with Gasteiger partial charge in [0.1, 0.15) is 0 Å². The zero-order valence-electron chi connectivity index (χ0n) is 9.50. The van der Waals surface area contributed by atoms with Crippen LogP contribution >= 0.6 is 27.3 Å². The summed E-state index contributed by atoms with van der Waals surface area (Å²) in [5, 5.41) is 2.11. The minimum atomic E-state index is 0.326. The molecule has 0 amide bonds. The Bertz CT molecular complexity index is 288.